The van der Waals surface area contributed by atoms with Gasteiger partial charge in [-0.25, -0.2) is 4.79 Å². The summed E-state index contributed by atoms with van der Waals surface area (Å²) in [6.45, 7) is 9.22. The molecule has 0 radical (unpaired) electrons. The third-order valence-corrected chi connectivity index (χ3v) is 7.67. The minimum absolute atomic E-state index is 0.293. The average Bonchev–Trinajstić information content (AvgIpc) is 3.39. The van der Waals surface area contributed by atoms with E-state index in [-0.39, 0.29) is 0 Å². The van der Waals surface area contributed by atoms with Gasteiger partial charge in [-0.05, 0) is 41.5 Å². The largest absolute Gasteiger partial charge is 0.467 e. The van der Waals surface area contributed by atoms with E-state index in [4.69, 9.17) is 42.6 Å². The quantitative estimate of drug-likeness (QED) is 0.258. The van der Waals surface area contributed by atoms with E-state index >= 15 is 0 Å². The highest BCUT2D eigenvalue weighted by atomic mass is 16.9. The van der Waals surface area contributed by atoms with Crippen molar-refractivity contribution in [3.8, 4) is 0 Å². The molecule has 0 aliphatic carbocycles. The Labute approximate surface area is 266 Å². The van der Waals surface area contributed by atoms with Crippen molar-refractivity contribution in [2.75, 3.05) is 20.8 Å². The number of carbonyl (C=O) groups excluding carboxylic acids is 3. The number of ether oxygens (including phenoxy) is 9. The lowest BCUT2D eigenvalue weighted by atomic mass is 9.94. The smallest absolute Gasteiger partial charge is 0.339 e. The van der Waals surface area contributed by atoms with Gasteiger partial charge in [0.1, 0.15) is 24.4 Å². The predicted molar refractivity (Wildman–Crippen MR) is 153 cm³/mol. The Morgan fingerprint density at radius 1 is 0.804 bits per heavy atom. The number of methoxy groups -OCH3 is 2. The van der Waals surface area contributed by atoms with Crippen LogP contribution in [-0.4, -0.2) is 115 Å². The van der Waals surface area contributed by atoms with Gasteiger partial charge in [0.2, 0.25) is 0 Å². The zero-order valence-corrected chi connectivity index (χ0v) is 27.1. The molecule has 3 saturated heterocycles. The van der Waals surface area contributed by atoms with Crippen LogP contribution in [0.25, 0.3) is 0 Å². The first-order valence-electron chi connectivity index (χ1n) is 14.9. The van der Waals surface area contributed by atoms with Crippen molar-refractivity contribution in [2.24, 2.45) is 10.8 Å². The molecule has 4 rings (SSSR count). The van der Waals surface area contributed by atoms with Gasteiger partial charge in [0.05, 0.1) is 24.5 Å². The molecule has 15 nitrogen and oxygen atoms in total. The number of aliphatic hydroxyl groups excluding tert-OH is 3. The predicted octanol–water partition coefficient (Wildman–Crippen LogP) is 0.497. The third kappa shape index (κ3) is 7.37. The van der Waals surface area contributed by atoms with E-state index in [2.05, 4.69) is 0 Å². The number of carbonyl (C=O) groups is 3. The maximum Gasteiger partial charge on any atom is 0.339 e. The molecule has 1 aromatic carbocycles. The molecule has 3 N–H and O–H groups in total. The highest BCUT2D eigenvalue weighted by molar-refractivity contribution is 5.79. The van der Waals surface area contributed by atoms with Crippen LogP contribution in [0.1, 0.15) is 47.1 Å². The van der Waals surface area contributed by atoms with Crippen LogP contribution in [0, 0.1) is 10.8 Å². The van der Waals surface area contributed by atoms with Crippen molar-refractivity contribution in [3.05, 3.63) is 35.9 Å². The van der Waals surface area contributed by atoms with E-state index in [1.807, 2.05) is 0 Å². The van der Waals surface area contributed by atoms with Crippen LogP contribution in [0.5, 0.6) is 0 Å². The van der Waals surface area contributed by atoms with Gasteiger partial charge >= 0.3 is 23.9 Å². The van der Waals surface area contributed by atoms with Gasteiger partial charge in [-0.15, -0.1) is 0 Å². The Balaban J connectivity index is 1.74. The van der Waals surface area contributed by atoms with Gasteiger partial charge in [-0.1, -0.05) is 30.3 Å². The minimum atomic E-state index is -2.13. The Kier molecular flexibility index (Phi) is 10.8. The first kappa shape index (κ1) is 36.1. The molecule has 46 heavy (non-hydrogen) atoms. The first-order chi connectivity index (χ1) is 21.4. The summed E-state index contributed by atoms with van der Waals surface area (Å²) < 4.78 is 52.1. The van der Waals surface area contributed by atoms with E-state index in [0.717, 1.165) is 7.11 Å². The fraction of sp³-hybridized carbons (Fsp3) is 0.710. The van der Waals surface area contributed by atoms with Gasteiger partial charge in [-0.2, -0.15) is 0 Å². The summed E-state index contributed by atoms with van der Waals surface area (Å²) in [6.07, 6.45) is -14.6. The van der Waals surface area contributed by atoms with Gasteiger partial charge in [0.25, 0.3) is 0 Å². The summed E-state index contributed by atoms with van der Waals surface area (Å²) in [7, 11) is 2.38. The first-order valence-corrected chi connectivity index (χ1v) is 14.9. The molecule has 3 heterocycles. The number of aliphatic hydroxyl groups is 3. The van der Waals surface area contributed by atoms with Gasteiger partial charge < -0.3 is 53.2 Å². The minimum Gasteiger partial charge on any atom is -0.467 e. The summed E-state index contributed by atoms with van der Waals surface area (Å²) in [5, 5.41) is 31.2. The molecule has 0 saturated carbocycles. The van der Waals surface area contributed by atoms with Crippen LogP contribution in [0.15, 0.2) is 30.3 Å². The molecule has 1 aromatic rings. The van der Waals surface area contributed by atoms with Crippen LogP contribution in [-0.2, 0) is 63.0 Å². The van der Waals surface area contributed by atoms with Crippen molar-refractivity contribution >= 4 is 17.9 Å². The molecule has 3 aliphatic heterocycles. The Morgan fingerprint density at radius 3 is 1.93 bits per heavy atom. The fourth-order valence-electron chi connectivity index (χ4n) is 4.93. The van der Waals surface area contributed by atoms with E-state index in [9.17, 15) is 29.7 Å². The molecular weight excluding hydrogens is 612 g/mol. The van der Waals surface area contributed by atoms with Crippen LogP contribution < -0.4 is 0 Å². The second-order valence-electron chi connectivity index (χ2n) is 13.4. The Hall–Kier alpha value is -2.73. The van der Waals surface area contributed by atoms with E-state index < -0.39 is 103 Å². The zero-order valence-electron chi connectivity index (χ0n) is 27.1. The van der Waals surface area contributed by atoms with Crippen molar-refractivity contribution < 1.29 is 72.3 Å². The number of benzene rings is 1. The topological polar surface area (TPSA) is 195 Å². The molecule has 0 aromatic heterocycles. The van der Waals surface area contributed by atoms with Gasteiger partial charge in [-0.3, -0.25) is 14.3 Å². The highest BCUT2D eigenvalue weighted by Gasteiger charge is 2.64. The molecule has 0 spiro atoms. The molecule has 15 heteroatoms. The lowest BCUT2D eigenvalue weighted by Crippen LogP contribution is -2.62. The molecule has 11 atom stereocenters. The molecule has 3 fully saturated rings. The molecule has 1 unspecified atom stereocenters. The van der Waals surface area contributed by atoms with Crippen molar-refractivity contribution in [3.63, 3.8) is 0 Å². The lowest BCUT2D eigenvalue weighted by Gasteiger charge is -2.41. The van der Waals surface area contributed by atoms with Crippen LogP contribution in [0.3, 0.4) is 0 Å². The van der Waals surface area contributed by atoms with E-state index in [1.54, 1.807) is 71.9 Å². The summed E-state index contributed by atoms with van der Waals surface area (Å²) in [4.78, 5) is 39.4. The van der Waals surface area contributed by atoms with Crippen molar-refractivity contribution in [1.82, 2.24) is 0 Å². The lowest BCUT2D eigenvalue weighted by molar-refractivity contribution is -0.382. The van der Waals surface area contributed by atoms with E-state index in [0.29, 0.717) is 5.56 Å². The second kappa shape index (κ2) is 13.8. The summed E-state index contributed by atoms with van der Waals surface area (Å²) in [5.41, 5.74) is -1.74. The molecule has 0 bridgehead atoms. The normalized spacial score (nSPS) is 36.4. The van der Waals surface area contributed by atoms with Crippen LogP contribution in [0.4, 0.5) is 0 Å². The maximum absolute atomic E-state index is 13.3. The van der Waals surface area contributed by atoms with Crippen molar-refractivity contribution in [1.29, 1.82) is 0 Å². The third-order valence-electron chi connectivity index (χ3n) is 7.67. The molecule has 258 valence electrons. The fourth-order valence-corrected chi connectivity index (χ4v) is 4.93. The Bertz CT molecular complexity index is 1220. The molecule has 0 amide bonds. The SMILES string of the molecule is COC(=O)[C@H]1O[C@@H]2OC(OC[C@H]3O[C@@H](OC)[C@H](O)[C@@H](O)[C@H]3O)(c3ccccc3)O[C@@H]2[C@@H](OC(=O)C(C)(C)C)[C@@H]1OC(=O)C(C)(C)C. The average molecular weight is 657 g/mol. The van der Waals surface area contributed by atoms with Gasteiger partial charge in [0.15, 0.2) is 37.0 Å². The van der Waals surface area contributed by atoms with E-state index in [1.165, 1.54) is 7.11 Å². The standard InChI is InChI=1S/C31H44O15/c1-29(2,3)27(36)43-20-21(44-28(37)30(4,5)6)23-26(42-22(20)24(35)38-7)46-31(45-23,15-12-10-9-11-13-15)40-14-16-17(32)18(33)19(34)25(39-8)41-16/h9-13,16-23,25-26,32-34H,14H2,1-8H3/t16-,17+,18+,19-,20+,21+,22+,23-,25-,26-,31?/m1/s1. The summed E-state index contributed by atoms with van der Waals surface area (Å²) >= 11 is 0. The van der Waals surface area contributed by atoms with Crippen LogP contribution >= 0.6 is 0 Å². The number of rotatable bonds is 8. The summed E-state index contributed by atoms with van der Waals surface area (Å²) in [6, 6.07) is 8.29. The Morgan fingerprint density at radius 2 is 1.39 bits per heavy atom. The van der Waals surface area contributed by atoms with Gasteiger partial charge in [0, 0.05) is 12.7 Å². The summed E-state index contributed by atoms with van der Waals surface area (Å²) in [5.74, 6) is -4.47. The molecular formula is C31H44O15. The zero-order chi connectivity index (χ0) is 34.2. The van der Waals surface area contributed by atoms with Crippen LogP contribution in [0.2, 0.25) is 0 Å². The maximum atomic E-state index is 13.3. The molecule has 3 aliphatic rings. The number of hydrogen-bond donors (Lipinski definition) is 3. The number of hydrogen-bond acceptors (Lipinski definition) is 15. The van der Waals surface area contributed by atoms with Crippen molar-refractivity contribution in [2.45, 2.75) is 109 Å². The monoisotopic (exact) mass is 656 g/mol. The second-order valence-corrected chi connectivity index (χ2v) is 13.4. The number of esters is 3. The highest BCUT2D eigenvalue weighted by Crippen LogP contribution is 2.46. The number of fused-ring (bicyclic) bond motifs is 1.